The number of aliphatic hydroxyl groups is 1. The fraction of sp³-hybridized carbons (Fsp3) is 0.429. The number of aliphatic hydroxyl groups excluding tert-OH is 1. The van der Waals surface area contributed by atoms with Crippen molar-refractivity contribution in [2.75, 3.05) is 20.6 Å². The van der Waals surface area contributed by atoms with Crippen LogP contribution in [0.2, 0.25) is 0 Å². The normalized spacial score (nSPS) is 14.7. The molecular weight excluding hydrogens is 282 g/mol. The monoisotopic (exact) mass is 311 g/mol. The molecule has 0 unspecified atom stereocenters. The molecule has 0 spiro atoms. The van der Waals surface area contributed by atoms with Gasteiger partial charge in [0.05, 0.1) is 6.10 Å². The van der Waals surface area contributed by atoms with E-state index in [0.29, 0.717) is 0 Å². The van der Waals surface area contributed by atoms with Crippen LogP contribution in [0.1, 0.15) is 31.4 Å². The lowest BCUT2D eigenvalue weighted by Crippen LogP contribution is -2.49. The van der Waals surface area contributed by atoms with E-state index in [2.05, 4.69) is 81.4 Å². The third kappa shape index (κ3) is 3.49. The zero-order chi connectivity index (χ0) is 16.9. The Hall–Kier alpha value is -1.64. The Morgan fingerprint density at radius 1 is 0.913 bits per heavy atom. The highest BCUT2D eigenvalue weighted by Crippen LogP contribution is 2.43. The summed E-state index contributed by atoms with van der Waals surface area (Å²) in [5.41, 5.74) is 1.98. The first-order valence-corrected chi connectivity index (χ1v) is 8.47. The van der Waals surface area contributed by atoms with Crippen molar-refractivity contribution in [2.45, 2.75) is 31.8 Å². The highest BCUT2D eigenvalue weighted by molar-refractivity contribution is 5.42. The number of benzene rings is 2. The molecule has 2 heteroatoms. The SMILES string of the molecule is CC[C@H](O)C(c1ccccc1)(c1ccccc1)[C@@H](C)CN(C)C. The van der Waals surface area contributed by atoms with Crippen molar-refractivity contribution in [2.24, 2.45) is 5.92 Å². The van der Waals surface area contributed by atoms with Crippen molar-refractivity contribution in [3.63, 3.8) is 0 Å². The Kier molecular flexibility index (Phi) is 5.97. The summed E-state index contributed by atoms with van der Waals surface area (Å²) >= 11 is 0. The smallest absolute Gasteiger partial charge is 0.0677 e. The third-order valence-electron chi connectivity index (χ3n) is 4.83. The quantitative estimate of drug-likeness (QED) is 0.837. The lowest BCUT2D eigenvalue weighted by atomic mass is 9.62. The number of hydrogen-bond acceptors (Lipinski definition) is 2. The predicted octanol–water partition coefficient (Wildman–Crippen LogP) is 3.94. The zero-order valence-electron chi connectivity index (χ0n) is 14.7. The molecule has 2 atom stereocenters. The second-order valence-corrected chi connectivity index (χ2v) is 6.69. The van der Waals surface area contributed by atoms with Crippen LogP contribution in [0.4, 0.5) is 0 Å². The van der Waals surface area contributed by atoms with Gasteiger partial charge in [-0.25, -0.2) is 0 Å². The predicted molar refractivity (Wildman–Crippen MR) is 97.7 cm³/mol. The Morgan fingerprint density at radius 3 is 1.70 bits per heavy atom. The zero-order valence-corrected chi connectivity index (χ0v) is 14.7. The van der Waals surface area contributed by atoms with Gasteiger partial charge in [-0.1, -0.05) is 74.5 Å². The summed E-state index contributed by atoms with van der Waals surface area (Å²) in [6.07, 6.45) is 0.295. The molecule has 0 bridgehead atoms. The van der Waals surface area contributed by atoms with Gasteiger partial charge in [0.15, 0.2) is 0 Å². The van der Waals surface area contributed by atoms with Crippen molar-refractivity contribution >= 4 is 0 Å². The van der Waals surface area contributed by atoms with Crippen LogP contribution in [-0.2, 0) is 5.41 Å². The highest BCUT2D eigenvalue weighted by atomic mass is 16.3. The molecule has 2 nitrogen and oxygen atoms in total. The van der Waals surface area contributed by atoms with Gasteiger partial charge in [-0.2, -0.15) is 0 Å². The van der Waals surface area contributed by atoms with Crippen LogP contribution in [0.15, 0.2) is 60.7 Å². The Morgan fingerprint density at radius 2 is 1.35 bits per heavy atom. The van der Waals surface area contributed by atoms with Gasteiger partial charge in [0.2, 0.25) is 0 Å². The van der Waals surface area contributed by atoms with Crippen LogP contribution in [0, 0.1) is 5.92 Å². The summed E-state index contributed by atoms with van der Waals surface area (Å²) in [6, 6.07) is 20.9. The number of nitrogens with zero attached hydrogens (tertiary/aromatic N) is 1. The molecule has 0 aromatic heterocycles. The molecule has 2 aromatic carbocycles. The first kappa shape index (κ1) is 17.7. The topological polar surface area (TPSA) is 23.5 Å². The minimum absolute atomic E-state index is 0.275. The molecule has 124 valence electrons. The van der Waals surface area contributed by atoms with Gasteiger partial charge in [-0.15, -0.1) is 0 Å². The van der Waals surface area contributed by atoms with Gasteiger partial charge < -0.3 is 10.0 Å². The van der Waals surface area contributed by atoms with Gasteiger partial charge in [-0.3, -0.25) is 0 Å². The van der Waals surface area contributed by atoms with Crippen LogP contribution in [0.25, 0.3) is 0 Å². The molecule has 23 heavy (non-hydrogen) atoms. The van der Waals surface area contributed by atoms with E-state index in [1.807, 2.05) is 12.1 Å². The van der Waals surface area contributed by atoms with E-state index in [-0.39, 0.29) is 5.92 Å². The minimum atomic E-state index is -0.428. The fourth-order valence-corrected chi connectivity index (χ4v) is 3.89. The molecule has 1 N–H and O–H groups in total. The molecule has 0 fully saturated rings. The van der Waals surface area contributed by atoms with E-state index in [1.165, 1.54) is 11.1 Å². The van der Waals surface area contributed by atoms with Crippen molar-refractivity contribution < 1.29 is 5.11 Å². The lowest BCUT2D eigenvalue weighted by molar-refractivity contribution is 0.0580. The lowest BCUT2D eigenvalue weighted by Gasteiger charge is -2.45. The molecule has 0 aliphatic heterocycles. The van der Waals surface area contributed by atoms with Gasteiger partial charge in [-0.05, 0) is 37.6 Å². The summed E-state index contributed by atoms with van der Waals surface area (Å²) in [6.45, 7) is 5.23. The van der Waals surface area contributed by atoms with E-state index in [1.54, 1.807) is 0 Å². The second kappa shape index (κ2) is 7.76. The average Bonchev–Trinajstić information content (AvgIpc) is 2.56. The minimum Gasteiger partial charge on any atom is -0.392 e. The molecule has 0 aliphatic carbocycles. The number of rotatable bonds is 7. The molecule has 2 aromatic rings. The van der Waals surface area contributed by atoms with Crippen LogP contribution in [0.5, 0.6) is 0 Å². The van der Waals surface area contributed by atoms with Crippen molar-refractivity contribution in [1.29, 1.82) is 0 Å². The van der Waals surface area contributed by atoms with E-state index in [0.717, 1.165) is 13.0 Å². The maximum Gasteiger partial charge on any atom is 0.0677 e. The van der Waals surface area contributed by atoms with Crippen molar-refractivity contribution in [3.05, 3.63) is 71.8 Å². The molecule has 0 saturated carbocycles. The first-order valence-electron chi connectivity index (χ1n) is 8.47. The fourth-order valence-electron chi connectivity index (χ4n) is 3.89. The van der Waals surface area contributed by atoms with Gasteiger partial charge in [0, 0.05) is 12.0 Å². The summed E-state index contributed by atoms with van der Waals surface area (Å²) in [5, 5.41) is 11.1. The van der Waals surface area contributed by atoms with Crippen molar-refractivity contribution in [3.8, 4) is 0 Å². The second-order valence-electron chi connectivity index (χ2n) is 6.69. The van der Waals surface area contributed by atoms with Crippen LogP contribution < -0.4 is 0 Å². The maximum absolute atomic E-state index is 11.1. The molecule has 0 amide bonds. The summed E-state index contributed by atoms with van der Waals surface area (Å²) in [7, 11) is 4.19. The molecule has 0 radical (unpaired) electrons. The average molecular weight is 311 g/mol. The van der Waals surface area contributed by atoms with Gasteiger partial charge in [0.1, 0.15) is 0 Å². The molecular formula is C21H29NO. The number of hydrogen-bond donors (Lipinski definition) is 1. The standard InChI is InChI=1S/C21H29NO/c1-5-20(23)21(17(2)16-22(3)4,18-12-8-6-9-13-18)19-14-10-7-11-15-19/h6-15,17,20,23H,5,16H2,1-4H3/t17-,20-/m0/s1. The van der Waals surface area contributed by atoms with E-state index in [9.17, 15) is 5.11 Å². The van der Waals surface area contributed by atoms with Crippen molar-refractivity contribution in [1.82, 2.24) is 4.90 Å². The summed E-state index contributed by atoms with van der Waals surface area (Å²) in [5.74, 6) is 0.275. The summed E-state index contributed by atoms with van der Waals surface area (Å²) < 4.78 is 0. The molecule has 0 aliphatic rings. The Balaban J connectivity index is 2.68. The molecule has 0 heterocycles. The van der Waals surface area contributed by atoms with Gasteiger partial charge in [0.25, 0.3) is 0 Å². The van der Waals surface area contributed by atoms with E-state index < -0.39 is 11.5 Å². The maximum atomic E-state index is 11.1. The Bertz CT molecular complexity index is 540. The van der Waals surface area contributed by atoms with E-state index in [4.69, 9.17) is 0 Å². The van der Waals surface area contributed by atoms with Crippen LogP contribution in [0.3, 0.4) is 0 Å². The molecule has 0 saturated heterocycles. The highest BCUT2D eigenvalue weighted by Gasteiger charge is 2.45. The van der Waals surface area contributed by atoms with Crippen LogP contribution in [-0.4, -0.2) is 36.8 Å². The Labute approximate surface area is 140 Å². The van der Waals surface area contributed by atoms with Crippen LogP contribution >= 0.6 is 0 Å². The van der Waals surface area contributed by atoms with E-state index >= 15 is 0 Å². The largest absolute Gasteiger partial charge is 0.392 e. The first-order chi connectivity index (χ1) is 11.0. The molecule has 2 rings (SSSR count). The summed E-state index contributed by atoms with van der Waals surface area (Å²) in [4.78, 5) is 2.20. The third-order valence-corrected chi connectivity index (χ3v) is 4.83. The van der Waals surface area contributed by atoms with Gasteiger partial charge >= 0.3 is 0 Å².